The number of phenols is 1. The summed E-state index contributed by atoms with van der Waals surface area (Å²) in [5.41, 5.74) is 2.61. The largest absolute Gasteiger partial charge is 0.507 e. The molecule has 2 aromatic rings. The molecule has 112 valence electrons. The molecule has 0 saturated carbocycles. The number of aliphatic hydroxyl groups is 1. The zero-order valence-corrected chi connectivity index (χ0v) is 12.7. The zero-order chi connectivity index (χ0) is 15.2. The third-order valence-corrected chi connectivity index (χ3v) is 3.58. The maximum Gasteiger partial charge on any atom is 0.123 e. The smallest absolute Gasteiger partial charge is 0.123 e. The second-order valence-corrected chi connectivity index (χ2v) is 5.26. The molecule has 2 aromatic carbocycles. The van der Waals surface area contributed by atoms with E-state index in [9.17, 15) is 10.2 Å². The Morgan fingerprint density at radius 2 is 1.76 bits per heavy atom. The van der Waals surface area contributed by atoms with E-state index in [0.717, 1.165) is 30.8 Å². The molecule has 1 atom stereocenters. The molecule has 21 heavy (non-hydrogen) atoms. The minimum atomic E-state index is -0.667. The van der Waals surface area contributed by atoms with Crippen LogP contribution in [0.2, 0.25) is 0 Å². The molecule has 0 bridgehead atoms. The van der Waals surface area contributed by atoms with Crippen molar-refractivity contribution in [3.05, 3.63) is 54.1 Å². The van der Waals surface area contributed by atoms with Gasteiger partial charge in [-0.2, -0.15) is 0 Å². The zero-order valence-electron chi connectivity index (χ0n) is 12.7. The normalized spacial score (nSPS) is 12.1. The highest BCUT2D eigenvalue weighted by Crippen LogP contribution is 2.32. The summed E-state index contributed by atoms with van der Waals surface area (Å²) in [4.78, 5) is 2.19. The van der Waals surface area contributed by atoms with Gasteiger partial charge in [0.15, 0.2) is 0 Å². The summed E-state index contributed by atoms with van der Waals surface area (Å²) in [5.74, 6) is 0.139. The molecule has 0 spiro atoms. The number of phenolic OH excluding ortho intramolecular Hbond substituents is 1. The van der Waals surface area contributed by atoms with E-state index in [2.05, 4.69) is 24.0 Å². The van der Waals surface area contributed by atoms with Crippen LogP contribution in [0.25, 0.3) is 0 Å². The minimum absolute atomic E-state index is 0.139. The molecule has 0 amide bonds. The summed E-state index contributed by atoms with van der Waals surface area (Å²) in [5, 5.41) is 19.7. The molecule has 0 fully saturated rings. The monoisotopic (exact) mass is 285 g/mol. The first-order valence-corrected chi connectivity index (χ1v) is 7.47. The first kappa shape index (κ1) is 15.4. The maximum atomic E-state index is 10.1. The first-order valence-electron chi connectivity index (χ1n) is 7.47. The van der Waals surface area contributed by atoms with Gasteiger partial charge in [-0.05, 0) is 31.5 Å². The highest BCUT2D eigenvalue weighted by Gasteiger charge is 2.13. The predicted octanol–water partition coefficient (Wildman–Crippen LogP) is 4.38. The maximum absolute atomic E-state index is 10.1. The van der Waals surface area contributed by atoms with Crippen molar-refractivity contribution in [3.63, 3.8) is 0 Å². The van der Waals surface area contributed by atoms with Crippen molar-refractivity contribution in [2.75, 3.05) is 11.4 Å². The van der Waals surface area contributed by atoms with Crippen molar-refractivity contribution in [1.29, 1.82) is 0 Å². The molecule has 0 radical (unpaired) electrons. The minimum Gasteiger partial charge on any atom is -0.507 e. The van der Waals surface area contributed by atoms with Crippen LogP contribution in [-0.2, 0) is 0 Å². The van der Waals surface area contributed by atoms with Crippen LogP contribution in [-0.4, -0.2) is 16.8 Å². The second-order valence-electron chi connectivity index (χ2n) is 5.26. The van der Waals surface area contributed by atoms with E-state index >= 15 is 0 Å². The first-order chi connectivity index (χ1) is 10.1. The van der Waals surface area contributed by atoms with Crippen LogP contribution >= 0.6 is 0 Å². The summed E-state index contributed by atoms with van der Waals surface area (Å²) in [7, 11) is 0. The summed E-state index contributed by atoms with van der Waals surface area (Å²) >= 11 is 0. The average Bonchev–Trinajstić information content (AvgIpc) is 2.48. The van der Waals surface area contributed by atoms with Crippen molar-refractivity contribution in [2.24, 2.45) is 0 Å². The Labute approximate surface area is 126 Å². The topological polar surface area (TPSA) is 43.7 Å². The molecule has 2 N–H and O–H groups in total. The van der Waals surface area contributed by atoms with Crippen LogP contribution < -0.4 is 4.90 Å². The summed E-state index contributed by atoms with van der Waals surface area (Å²) in [6.07, 6.45) is 1.52. The van der Waals surface area contributed by atoms with Crippen LogP contribution in [0.3, 0.4) is 0 Å². The van der Waals surface area contributed by atoms with Gasteiger partial charge in [-0.15, -0.1) is 0 Å². The standard InChI is InChI=1S/C18H23NO2/c1-3-4-12-19(15-8-6-5-7-9-15)16-10-11-17(14(2)20)18(21)13-16/h5-11,13-14,20-21H,3-4,12H2,1-2H3. The summed E-state index contributed by atoms with van der Waals surface area (Å²) < 4.78 is 0. The quantitative estimate of drug-likeness (QED) is 0.827. The molecule has 3 heteroatoms. The van der Waals surface area contributed by atoms with Gasteiger partial charge in [0, 0.05) is 29.5 Å². The van der Waals surface area contributed by atoms with Crippen molar-refractivity contribution >= 4 is 11.4 Å². The second kappa shape index (κ2) is 7.14. The molecule has 0 aliphatic heterocycles. The number of benzene rings is 2. The molecule has 0 aromatic heterocycles. The van der Waals surface area contributed by atoms with Gasteiger partial charge in [-0.25, -0.2) is 0 Å². The Balaban J connectivity index is 2.35. The van der Waals surface area contributed by atoms with E-state index in [0.29, 0.717) is 5.56 Å². The fraction of sp³-hybridized carbons (Fsp3) is 0.333. The van der Waals surface area contributed by atoms with Gasteiger partial charge < -0.3 is 15.1 Å². The summed E-state index contributed by atoms with van der Waals surface area (Å²) in [6, 6.07) is 15.6. The van der Waals surface area contributed by atoms with Gasteiger partial charge >= 0.3 is 0 Å². The van der Waals surface area contributed by atoms with E-state index in [1.165, 1.54) is 0 Å². The highest BCUT2D eigenvalue weighted by molar-refractivity contribution is 5.65. The fourth-order valence-corrected chi connectivity index (χ4v) is 2.38. The van der Waals surface area contributed by atoms with Gasteiger partial charge in [0.05, 0.1) is 6.10 Å². The van der Waals surface area contributed by atoms with Crippen molar-refractivity contribution in [1.82, 2.24) is 0 Å². The van der Waals surface area contributed by atoms with Crippen molar-refractivity contribution in [2.45, 2.75) is 32.8 Å². The third-order valence-electron chi connectivity index (χ3n) is 3.58. The molecule has 3 nitrogen and oxygen atoms in total. The Kier molecular flexibility index (Phi) is 5.23. The lowest BCUT2D eigenvalue weighted by Crippen LogP contribution is -2.18. The average molecular weight is 285 g/mol. The Hall–Kier alpha value is -2.00. The predicted molar refractivity (Wildman–Crippen MR) is 87.1 cm³/mol. The molecule has 0 saturated heterocycles. The molecule has 2 rings (SSSR count). The molecular formula is C18H23NO2. The number of anilines is 2. The third kappa shape index (κ3) is 3.76. The SMILES string of the molecule is CCCCN(c1ccccc1)c1ccc(C(C)O)c(O)c1. The van der Waals surface area contributed by atoms with Crippen molar-refractivity contribution < 1.29 is 10.2 Å². The number of hydrogen-bond donors (Lipinski definition) is 2. The number of aliphatic hydroxyl groups excluding tert-OH is 1. The fourth-order valence-electron chi connectivity index (χ4n) is 2.38. The highest BCUT2D eigenvalue weighted by atomic mass is 16.3. The molecule has 0 aliphatic rings. The number of para-hydroxylation sites is 1. The van der Waals surface area contributed by atoms with Gasteiger partial charge in [-0.1, -0.05) is 37.6 Å². The number of hydrogen-bond acceptors (Lipinski definition) is 3. The van der Waals surface area contributed by atoms with Crippen molar-refractivity contribution in [3.8, 4) is 5.75 Å². The van der Waals surface area contributed by atoms with Crippen LogP contribution in [0.5, 0.6) is 5.75 Å². The van der Waals surface area contributed by atoms with E-state index in [1.54, 1.807) is 19.1 Å². The number of nitrogens with zero attached hydrogens (tertiary/aromatic N) is 1. The Morgan fingerprint density at radius 1 is 1.05 bits per heavy atom. The lowest BCUT2D eigenvalue weighted by molar-refractivity contribution is 0.195. The van der Waals surface area contributed by atoms with Crippen LogP contribution in [0, 0.1) is 0 Å². The Bertz CT molecular complexity index is 567. The van der Waals surface area contributed by atoms with Gasteiger partial charge in [0.2, 0.25) is 0 Å². The van der Waals surface area contributed by atoms with Gasteiger partial charge in [0.25, 0.3) is 0 Å². The lowest BCUT2D eigenvalue weighted by atomic mass is 10.1. The van der Waals surface area contributed by atoms with Crippen LogP contribution in [0.1, 0.15) is 38.4 Å². The number of aromatic hydroxyl groups is 1. The van der Waals surface area contributed by atoms with Gasteiger partial charge in [0.1, 0.15) is 5.75 Å². The molecular weight excluding hydrogens is 262 g/mol. The molecule has 0 aliphatic carbocycles. The van der Waals surface area contributed by atoms with E-state index in [-0.39, 0.29) is 5.75 Å². The number of unbranched alkanes of at least 4 members (excludes halogenated alkanes) is 1. The molecule has 0 heterocycles. The van der Waals surface area contributed by atoms with Crippen LogP contribution in [0.4, 0.5) is 11.4 Å². The van der Waals surface area contributed by atoms with E-state index < -0.39 is 6.10 Å². The molecule has 1 unspecified atom stereocenters. The van der Waals surface area contributed by atoms with Crippen LogP contribution in [0.15, 0.2) is 48.5 Å². The lowest BCUT2D eigenvalue weighted by Gasteiger charge is -2.25. The number of rotatable bonds is 6. The van der Waals surface area contributed by atoms with E-state index in [1.807, 2.05) is 24.3 Å². The Morgan fingerprint density at radius 3 is 2.33 bits per heavy atom. The summed E-state index contributed by atoms with van der Waals surface area (Å²) in [6.45, 7) is 4.71. The van der Waals surface area contributed by atoms with Gasteiger partial charge in [-0.3, -0.25) is 0 Å². The van der Waals surface area contributed by atoms with E-state index in [4.69, 9.17) is 0 Å².